The Morgan fingerprint density at radius 2 is 2.44 bits per heavy atom. The highest BCUT2D eigenvalue weighted by Crippen LogP contribution is 2.43. The number of hydrogen-bond donors (Lipinski definition) is 0. The summed E-state index contributed by atoms with van der Waals surface area (Å²) in [6.07, 6.45) is 6.43. The van der Waals surface area contributed by atoms with Crippen LogP contribution < -0.4 is 0 Å². The maximum absolute atomic E-state index is 5.21. The molecule has 2 unspecified atom stereocenters. The van der Waals surface area contributed by atoms with Crippen LogP contribution in [0.1, 0.15) is 19.3 Å². The monoisotopic (exact) mass is 124 g/mol. The van der Waals surface area contributed by atoms with E-state index in [0.29, 0.717) is 0 Å². The minimum atomic E-state index is 0.792. The molecule has 2 rings (SSSR count). The topological polar surface area (TPSA) is 9.23 Å². The number of hydrogen-bond acceptors (Lipinski definition) is 1. The zero-order valence-electron chi connectivity index (χ0n) is 5.76. The lowest BCUT2D eigenvalue weighted by atomic mass is 10.1. The maximum atomic E-state index is 5.21. The Morgan fingerprint density at radius 3 is 2.78 bits per heavy atom. The molecule has 0 aromatic rings. The maximum Gasteiger partial charge on any atom is 0.0949 e. The van der Waals surface area contributed by atoms with E-state index in [-0.39, 0.29) is 0 Å². The zero-order valence-corrected chi connectivity index (χ0v) is 5.76. The van der Waals surface area contributed by atoms with Gasteiger partial charge in [-0.3, -0.25) is 0 Å². The Morgan fingerprint density at radius 1 is 1.56 bits per heavy atom. The van der Waals surface area contributed by atoms with Gasteiger partial charge in [-0.1, -0.05) is 0 Å². The molecule has 0 saturated heterocycles. The van der Waals surface area contributed by atoms with E-state index in [1.165, 1.54) is 25.0 Å². The van der Waals surface area contributed by atoms with Crippen LogP contribution >= 0.6 is 0 Å². The van der Waals surface area contributed by atoms with E-state index in [4.69, 9.17) is 4.74 Å². The summed E-state index contributed by atoms with van der Waals surface area (Å²) in [7, 11) is 1.78. The molecule has 1 saturated carbocycles. The molecule has 2 bridgehead atoms. The minimum absolute atomic E-state index is 0.792. The quantitative estimate of drug-likeness (QED) is 0.519. The Bertz CT molecular complexity index is 149. The van der Waals surface area contributed by atoms with Crippen molar-refractivity contribution in [2.24, 2.45) is 11.8 Å². The van der Waals surface area contributed by atoms with E-state index in [2.05, 4.69) is 6.08 Å². The fourth-order valence-electron chi connectivity index (χ4n) is 2.03. The molecular weight excluding hydrogens is 112 g/mol. The molecule has 50 valence electrons. The van der Waals surface area contributed by atoms with Gasteiger partial charge >= 0.3 is 0 Å². The van der Waals surface area contributed by atoms with Gasteiger partial charge in [-0.25, -0.2) is 0 Å². The largest absolute Gasteiger partial charge is 0.501 e. The fraction of sp³-hybridized carbons (Fsp3) is 0.750. The first-order valence-corrected chi connectivity index (χ1v) is 3.66. The number of fused-ring (bicyclic) bond motifs is 2. The molecule has 2 atom stereocenters. The smallest absolute Gasteiger partial charge is 0.0949 e. The van der Waals surface area contributed by atoms with Gasteiger partial charge in [0.05, 0.1) is 12.9 Å². The fourth-order valence-corrected chi connectivity index (χ4v) is 2.03. The van der Waals surface area contributed by atoms with E-state index >= 15 is 0 Å². The lowest BCUT2D eigenvalue weighted by molar-refractivity contribution is 0.247. The molecule has 0 amide bonds. The number of methoxy groups -OCH3 is 1. The summed E-state index contributed by atoms with van der Waals surface area (Å²) in [5.74, 6) is 2.91. The minimum Gasteiger partial charge on any atom is -0.501 e. The Hall–Kier alpha value is -0.460. The van der Waals surface area contributed by atoms with Crippen molar-refractivity contribution in [1.29, 1.82) is 0 Å². The Kier molecular flexibility index (Phi) is 1.04. The summed E-state index contributed by atoms with van der Waals surface area (Å²) in [6.45, 7) is 0. The molecule has 0 aliphatic heterocycles. The second-order valence-corrected chi connectivity index (χ2v) is 3.04. The van der Waals surface area contributed by atoms with E-state index in [9.17, 15) is 0 Å². The third kappa shape index (κ3) is 0.673. The van der Waals surface area contributed by atoms with Crippen LogP contribution in [0.5, 0.6) is 0 Å². The predicted octanol–water partition coefficient (Wildman–Crippen LogP) is 1.95. The van der Waals surface area contributed by atoms with Crippen LogP contribution in [0.4, 0.5) is 0 Å². The van der Waals surface area contributed by atoms with Crippen LogP contribution in [0.25, 0.3) is 0 Å². The van der Waals surface area contributed by atoms with Gasteiger partial charge in [0.25, 0.3) is 0 Å². The average Bonchev–Trinajstić information content (AvgIpc) is 2.45. The van der Waals surface area contributed by atoms with Crippen molar-refractivity contribution < 1.29 is 4.74 Å². The molecule has 2 aliphatic carbocycles. The SMILES string of the molecule is COC1=CC2CCC1C2. The van der Waals surface area contributed by atoms with Crippen LogP contribution in [-0.2, 0) is 4.74 Å². The van der Waals surface area contributed by atoms with Gasteiger partial charge < -0.3 is 4.74 Å². The van der Waals surface area contributed by atoms with Gasteiger partial charge in [-0.15, -0.1) is 0 Å². The van der Waals surface area contributed by atoms with Crippen molar-refractivity contribution in [3.63, 3.8) is 0 Å². The van der Waals surface area contributed by atoms with Crippen LogP contribution in [0.15, 0.2) is 11.8 Å². The Labute approximate surface area is 55.7 Å². The van der Waals surface area contributed by atoms with Crippen molar-refractivity contribution >= 4 is 0 Å². The first-order chi connectivity index (χ1) is 4.40. The molecule has 0 aromatic heterocycles. The van der Waals surface area contributed by atoms with Gasteiger partial charge in [0.1, 0.15) is 0 Å². The second kappa shape index (κ2) is 1.76. The van der Waals surface area contributed by atoms with Crippen LogP contribution in [-0.4, -0.2) is 7.11 Å². The third-order valence-corrected chi connectivity index (χ3v) is 2.51. The van der Waals surface area contributed by atoms with Crippen molar-refractivity contribution in [3.8, 4) is 0 Å². The first kappa shape index (κ1) is 5.33. The van der Waals surface area contributed by atoms with Crippen molar-refractivity contribution in [2.75, 3.05) is 7.11 Å². The van der Waals surface area contributed by atoms with Gasteiger partial charge in [-0.2, -0.15) is 0 Å². The summed E-state index contributed by atoms with van der Waals surface area (Å²) in [6, 6.07) is 0. The molecular formula is C8H12O. The van der Waals surface area contributed by atoms with E-state index in [1.807, 2.05) is 0 Å². The standard InChI is InChI=1S/C8H12O/c1-9-8-5-6-2-3-7(8)4-6/h5-7H,2-4H2,1H3. The molecule has 0 radical (unpaired) electrons. The normalized spacial score (nSPS) is 39.0. The first-order valence-electron chi connectivity index (χ1n) is 3.66. The lowest BCUT2D eigenvalue weighted by Crippen LogP contribution is -1.98. The second-order valence-electron chi connectivity index (χ2n) is 3.04. The molecule has 1 heteroatoms. The van der Waals surface area contributed by atoms with Crippen molar-refractivity contribution in [3.05, 3.63) is 11.8 Å². The highest BCUT2D eigenvalue weighted by atomic mass is 16.5. The number of ether oxygens (including phenoxy) is 1. The third-order valence-electron chi connectivity index (χ3n) is 2.51. The molecule has 0 spiro atoms. The van der Waals surface area contributed by atoms with Gasteiger partial charge in [0.15, 0.2) is 0 Å². The van der Waals surface area contributed by atoms with Crippen LogP contribution in [0, 0.1) is 11.8 Å². The molecule has 0 aromatic carbocycles. The van der Waals surface area contributed by atoms with E-state index in [0.717, 1.165) is 11.8 Å². The molecule has 0 N–H and O–H groups in total. The highest BCUT2D eigenvalue weighted by Gasteiger charge is 2.33. The predicted molar refractivity (Wildman–Crippen MR) is 35.9 cm³/mol. The van der Waals surface area contributed by atoms with Crippen LogP contribution in [0.3, 0.4) is 0 Å². The van der Waals surface area contributed by atoms with Crippen molar-refractivity contribution in [2.45, 2.75) is 19.3 Å². The Balaban J connectivity index is 2.18. The van der Waals surface area contributed by atoms with Crippen LogP contribution in [0.2, 0.25) is 0 Å². The summed E-state index contributed by atoms with van der Waals surface area (Å²) < 4.78 is 5.21. The zero-order chi connectivity index (χ0) is 6.27. The summed E-state index contributed by atoms with van der Waals surface area (Å²) >= 11 is 0. The summed E-state index contributed by atoms with van der Waals surface area (Å²) in [5.41, 5.74) is 0. The summed E-state index contributed by atoms with van der Waals surface area (Å²) in [5, 5.41) is 0. The van der Waals surface area contributed by atoms with E-state index in [1.54, 1.807) is 7.11 Å². The highest BCUT2D eigenvalue weighted by molar-refractivity contribution is 5.13. The molecule has 1 nitrogen and oxygen atoms in total. The van der Waals surface area contributed by atoms with Gasteiger partial charge in [-0.05, 0) is 31.3 Å². The average molecular weight is 124 g/mol. The lowest BCUT2D eigenvalue weighted by Gasteiger charge is -2.10. The van der Waals surface area contributed by atoms with Gasteiger partial charge in [0.2, 0.25) is 0 Å². The molecule has 1 fully saturated rings. The number of allylic oxidation sites excluding steroid dienone is 2. The molecule has 0 heterocycles. The summed E-state index contributed by atoms with van der Waals surface area (Å²) in [4.78, 5) is 0. The molecule has 9 heavy (non-hydrogen) atoms. The van der Waals surface area contributed by atoms with E-state index < -0.39 is 0 Å². The van der Waals surface area contributed by atoms with Gasteiger partial charge in [0, 0.05) is 5.92 Å². The molecule has 2 aliphatic rings. The number of rotatable bonds is 1. The van der Waals surface area contributed by atoms with Crippen molar-refractivity contribution in [1.82, 2.24) is 0 Å².